The first-order chi connectivity index (χ1) is 6.14. The third kappa shape index (κ3) is 1.04. The van der Waals surface area contributed by atoms with E-state index in [-0.39, 0.29) is 13.2 Å². The minimum atomic E-state index is -1.32. The van der Waals surface area contributed by atoms with E-state index in [0.717, 1.165) is 0 Å². The molecule has 0 saturated carbocycles. The van der Waals surface area contributed by atoms with Crippen LogP contribution in [0.2, 0.25) is 0 Å². The summed E-state index contributed by atoms with van der Waals surface area (Å²) < 4.78 is 10.5. The Morgan fingerprint density at radius 2 is 2.00 bits per heavy atom. The summed E-state index contributed by atoms with van der Waals surface area (Å²) in [5.74, 6) is -1.32. The lowest BCUT2D eigenvalue weighted by Crippen LogP contribution is -2.56. The average molecular weight is 191 g/mol. The van der Waals surface area contributed by atoms with Gasteiger partial charge in [-0.1, -0.05) is 0 Å². The lowest BCUT2D eigenvalue weighted by atomic mass is 9.98. The molecule has 0 spiro atoms. The number of hydrogen-bond acceptors (Lipinski definition) is 6. The summed E-state index contributed by atoms with van der Waals surface area (Å²) in [6.45, 7) is -0.297. The number of aliphatic hydroxyl groups is 3. The smallest absolute Gasteiger partial charge is 0.210 e. The first-order valence-corrected chi connectivity index (χ1v) is 4.17. The molecule has 0 amide bonds. The molecule has 0 aromatic heterocycles. The molecule has 0 aliphatic carbocycles. The van der Waals surface area contributed by atoms with Crippen LogP contribution in [-0.2, 0) is 9.47 Å². The van der Waals surface area contributed by atoms with Crippen molar-refractivity contribution in [1.82, 2.24) is 0 Å². The van der Waals surface area contributed by atoms with Gasteiger partial charge in [0.05, 0.1) is 13.2 Å². The number of nitrogens with two attached hydrogens (primary N) is 1. The molecule has 0 radical (unpaired) electrons. The zero-order valence-corrected chi connectivity index (χ0v) is 6.96. The number of ether oxygens (including phenoxy) is 2. The van der Waals surface area contributed by atoms with Crippen LogP contribution in [0.1, 0.15) is 0 Å². The van der Waals surface area contributed by atoms with Gasteiger partial charge in [-0.25, -0.2) is 0 Å². The maximum Gasteiger partial charge on any atom is 0.210 e. The summed E-state index contributed by atoms with van der Waals surface area (Å²) in [7, 11) is 0. The van der Waals surface area contributed by atoms with Gasteiger partial charge in [0.25, 0.3) is 0 Å². The van der Waals surface area contributed by atoms with Crippen LogP contribution >= 0.6 is 0 Å². The van der Waals surface area contributed by atoms with E-state index in [1.54, 1.807) is 0 Å². The Bertz CT molecular complexity index is 207. The topological polar surface area (TPSA) is 105 Å². The first-order valence-electron chi connectivity index (χ1n) is 4.17. The standard InChI is InChI=1S/C7H13NO5/c8-2-7-6(11)4(10)5(13-7)3(1-9)12-7/h3-6,9-11H,1-2,8H2. The fourth-order valence-electron chi connectivity index (χ4n) is 1.88. The van der Waals surface area contributed by atoms with Crippen LogP contribution in [0, 0.1) is 0 Å². The van der Waals surface area contributed by atoms with Crippen LogP contribution in [0.15, 0.2) is 0 Å². The molecule has 6 heteroatoms. The van der Waals surface area contributed by atoms with Gasteiger partial charge in [-0.05, 0) is 0 Å². The predicted molar refractivity (Wildman–Crippen MR) is 40.6 cm³/mol. The zero-order chi connectivity index (χ0) is 9.64. The van der Waals surface area contributed by atoms with Gasteiger partial charge in [-0.2, -0.15) is 0 Å². The fraction of sp³-hybridized carbons (Fsp3) is 1.00. The normalized spacial score (nSPS) is 54.5. The number of hydrogen-bond donors (Lipinski definition) is 4. The van der Waals surface area contributed by atoms with Gasteiger partial charge in [-0.15, -0.1) is 0 Å². The predicted octanol–water partition coefficient (Wildman–Crippen LogP) is -2.85. The third-order valence-corrected chi connectivity index (χ3v) is 2.63. The molecule has 13 heavy (non-hydrogen) atoms. The van der Waals surface area contributed by atoms with Crippen molar-refractivity contribution in [2.45, 2.75) is 30.2 Å². The second-order valence-corrected chi connectivity index (χ2v) is 3.37. The fourth-order valence-corrected chi connectivity index (χ4v) is 1.88. The molecule has 5 unspecified atom stereocenters. The maximum absolute atomic E-state index is 9.49. The lowest BCUT2D eigenvalue weighted by molar-refractivity contribution is -0.217. The van der Waals surface area contributed by atoms with Crippen LogP contribution in [0.3, 0.4) is 0 Å². The summed E-state index contributed by atoms with van der Waals surface area (Å²) in [6.07, 6.45) is -3.44. The summed E-state index contributed by atoms with van der Waals surface area (Å²) >= 11 is 0. The van der Waals surface area contributed by atoms with E-state index >= 15 is 0 Å². The number of aliphatic hydroxyl groups excluding tert-OH is 3. The van der Waals surface area contributed by atoms with Crippen molar-refractivity contribution in [3.63, 3.8) is 0 Å². The molecule has 5 N–H and O–H groups in total. The van der Waals surface area contributed by atoms with Gasteiger partial charge in [0.1, 0.15) is 24.4 Å². The molecule has 0 aromatic carbocycles. The van der Waals surface area contributed by atoms with E-state index < -0.39 is 30.2 Å². The monoisotopic (exact) mass is 191 g/mol. The van der Waals surface area contributed by atoms with E-state index in [9.17, 15) is 10.2 Å². The average Bonchev–Trinajstić information content (AvgIpc) is 2.64. The molecular formula is C7H13NO5. The Hall–Kier alpha value is -0.240. The van der Waals surface area contributed by atoms with Gasteiger partial charge in [0.15, 0.2) is 0 Å². The highest BCUT2D eigenvalue weighted by atomic mass is 16.8. The molecule has 2 aliphatic rings. The largest absolute Gasteiger partial charge is 0.394 e. The van der Waals surface area contributed by atoms with Crippen LogP contribution in [0.4, 0.5) is 0 Å². The highest BCUT2D eigenvalue weighted by Crippen LogP contribution is 2.41. The molecule has 76 valence electrons. The van der Waals surface area contributed by atoms with Crippen molar-refractivity contribution in [1.29, 1.82) is 0 Å². The van der Waals surface area contributed by atoms with Crippen molar-refractivity contribution in [3.8, 4) is 0 Å². The lowest BCUT2D eigenvalue weighted by Gasteiger charge is -2.32. The third-order valence-electron chi connectivity index (χ3n) is 2.63. The van der Waals surface area contributed by atoms with Crippen LogP contribution in [0.5, 0.6) is 0 Å². The van der Waals surface area contributed by atoms with Crippen molar-refractivity contribution in [3.05, 3.63) is 0 Å². The van der Waals surface area contributed by atoms with Gasteiger partial charge in [0, 0.05) is 0 Å². The summed E-state index contributed by atoms with van der Waals surface area (Å²) in [5.41, 5.74) is 5.37. The van der Waals surface area contributed by atoms with Gasteiger partial charge in [0.2, 0.25) is 5.79 Å². The molecule has 2 bridgehead atoms. The van der Waals surface area contributed by atoms with E-state index in [4.69, 9.17) is 20.3 Å². The minimum absolute atomic E-state index is 0.0434. The molecule has 2 fully saturated rings. The van der Waals surface area contributed by atoms with Crippen LogP contribution in [-0.4, -0.2) is 58.7 Å². The minimum Gasteiger partial charge on any atom is -0.394 e. The molecule has 2 rings (SSSR count). The van der Waals surface area contributed by atoms with Crippen molar-refractivity contribution >= 4 is 0 Å². The highest BCUT2D eigenvalue weighted by molar-refractivity contribution is 5.05. The molecular weight excluding hydrogens is 178 g/mol. The number of fused-ring (bicyclic) bond motifs is 2. The van der Waals surface area contributed by atoms with Crippen LogP contribution < -0.4 is 5.73 Å². The second kappa shape index (κ2) is 2.88. The Balaban J connectivity index is 2.22. The molecule has 2 heterocycles. The second-order valence-electron chi connectivity index (χ2n) is 3.37. The van der Waals surface area contributed by atoms with E-state index in [2.05, 4.69) is 0 Å². The van der Waals surface area contributed by atoms with Gasteiger partial charge >= 0.3 is 0 Å². The quantitative estimate of drug-likeness (QED) is 0.374. The molecule has 0 aromatic rings. The van der Waals surface area contributed by atoms with Crippen molar-refractivity contribution < 1.29 is 24.8 Å². The highest BCUT2D eigenvalue weighted by Gasteiger charge is 2.63. The SMILES string of the molecule is NCC12OC(CO)C(O1)C(O)C2O. The Morgan fingerprint density at radius 1 is 1.31 bits per heavy atom. The van der Waals surface area contributed by atoms with Crippen molar-refractivity contribution in [2.75, 3.05) is 13.2 Å². The maximum atomic E-state index is 9.49. The summed E-state index contributed by atoms with van der Waals surface area (Å²) in [5, 5.41) is 27.8. The Morgan fingerprint density at radius 3 is 2.46 bits per heavy atom. The Labute approximate surface area is 74.9 Å². The summed E-state index contributed by atoms with van der Waals surface area (Å²) in [4.78, 5) is 0. The molecule has 5 atom stereocenters. The van der Waals surface area contributed by atoms with Gasteiger partial charge < -0.3 is 30.5 Å². The van der Waals surface area contributed by atoms with Gasteiger partial charge in [-0.3, -0.25) is 0 Å². The van der Waals surface area contributed by atoms with Crippen LogP contribution in [0.25, 0.3) is 0 Å². The summed E-state index contributed by atoms with van der Waals surface area (Å²) in [6, 6.07) is 0. The number of rotatable bonds is 2. The first kappa shape index (κ1) is 9.32. The van der Waals surface area contributed by atoms with E-state index in [0.29, 0.717) is 0 Å². The molecule has 2 aliphatic heterocycles. The zero-order valence-electron chi connectivity index (χ0n) is 6.96. The van der Waals surface area contributed by atoms with E-state index in [1.165, 1.54) is 0 Å². The molecule has 6 nitrogen and oxygen atoms in total. The molecule has 2 saturated heterocycles. The Kier molecular flexibility index (Phi) is 2.06. The van der Waals surface area contributed by atoms with E-state index in [1.807, 2.05) is 0 Å². The van der Waals surface area contributed by atoms with Crippen molar-refractivity contribution in [2.24, 2.45) is 5.73 Å².